The van der Waals surface area contributed by atoms with Gasteiger partial charge in [0.05, 0.1) is 6.04 Å². The van der Waals surface area contributed by atoms with Crippen molar-refractivity contribution < 1.29 is 9.18 Å². The lowest BCUT2D eigenvalue weighted by Crippen LogP contribution is -2.43. The smallest absolute Gasteiger partial charge is 0.236 e. The van der Waals surface area contributed by atoms with Crippen molar-refractivity contribution >= 4 is 17.7 Å². The topological polar surface area (TPSA) is 71.8 Å². The number of nitrogens with zero attached hydrogens (tertiary/aromatic N) is 3. The predicted molar refractivity (Wildman–Crippen MR) is 127 cm³/mol. The molecular weight excluding hydrogens is 437 g/mol. The fourth-order valence-corrected chi connectivity index (χ4v) is 4.85. The zero-order chi connectivity index (χ0) is 22.8. The van der Waals surface area contributed by atoms with Gasteiger partial charge in [0, 0.05) is 12.1 Å². The lowest BCUT2D eigenvalue weighted by Gasteiger charge is -2.33. The van der Waals surface area contributed by atoms with E-state index in [0.29, 0.717) is 17.5 Å². The molecule has 0 spiro atoms. The summed E-state index contributed by atoms with van der Waals surface area (Å²) in [4.78, 5) is 13.3. The third kappa shape index (κ3) is 4.47. The van der Waals surface area contributed by atoms with Crippen LogP contribution >= 0.6 is 11.8 Å². The molecule has 1 aliphatic rings. The van der Waals surface area contributed by atoms with Crippen molar-refractivity contribution in [2.24, 2.45) is 0 Å². The van der Waals surface area contributed by atoms with Crippen molar-refractivity contribution in [1.82, 2.24) is 20.2 Å². The molecule has 33 heavy (non-hydrogen) atoms. The molecule has 0 fully saturated rings. The molecule has 2 N–H and O–H groups in total. The fourth-order valence-electron chi connectivity index (χ4n) is 3.75. The van der Waals surface area contributed by atoms with Gasteiger partial charge in [-0.3, -0.25) is 4.79 Å². The predicted octanol–water partition coefficient (Wildman–Crippen LogP) is 4.47. The van der Waals surface area contributed by atoms with E-state index in [0.717, 1.165) is 16.7 Å². The van der Waals surface area contributed by atoms with Gasteiger partial charge in [-0.05, 0) is 30.2 Å². The van der Waals surface area contributed by atoms with E-state index in [2.05, 4.69) is 20.9 Å². The molecule has 8 heteroatoms. The largest absolute Gasteiger partial charge is 0.351 e. The van der Waals surface area contributed by atoms with Crippen molar-refractivity contribution in [2.45, 2.75) is 29.9 Å². The second-order valence-electron chi connectivity index (χ2n) is 7.91. The van der Waals surface area contributed by atoms with Gasteiger partial charge in [-0.2, -0.15) is 0 Å². The summed E-state index contributed by atoms with van der Waals surface area (Å²) in [6.45, 7) is 2.45. The van der Waals surface area contributed by atoms with E-state index >= 15 is 0 Å². The maximum absolute atomic E-state index is 13.6. The zero-order valence-electron chi connectivity index (χ0n) is 17.9. The summed E-state index contributed by atoms with van der Waals surface area (Å²) in [5.74, 6) is 0.208. The van der Waals surface area contributed by atoms with Gasteiger partial charge in [-0.1, -0.05) is 84.1 Å². The van der Waals surface area contributed by atoms with Gasteiger partial charge in [0.15, 0.2) is 5.82 Å². The number of rotatable bonds is 5. The van der Waals surface area contributed by atoms with Crippen molar-refractivity contribution in [1.29, 1.82) is 0 Å². The summed E-state index contributed by atoms with van der Waals surface area (Å²) in [5, 5.41) is 11.8. The minimum Gasteiger partial charge on any atom is -0.351 e. The molecular formula is C25H22FN5OS. The number of carbonyl (C=O) groups excluding carboxylic acids is 1. The third-order valence-corrected chi connectivity index (χ3v) is 6.76. The van der Waals surface area contributed by atoms with Crippen LogP contribution in [0.1, 0.15) is 22.7 Å². The van der Waals surface area contributed by atoms with Gasteiger partial charge in [0.2, 0.25) is 11.1 Å². The van der Waals surface area contributed by atoms with E-state index in [9.17, 15) is 9.18 Å². The number of carbonyl (C=O) groups is 1. The maximum atomic E-state index is 13.6. The molecule has 2 heterocycles. The Labute approximate surface area is 195 Å². The Hall–Kier alpha value is -3.65. The summed E-state index contributed by atoms with van der Waals surface area (Å²) in [7, 11) is 0. The third-order valence-electron chi connectivity index (χ3n) is 5.54. The van der Waals surface area contributed by atoms with Crippen molar-refractivity contribution in [3.8, 4) is 11.4 Å². The Morgan fingerprint density at radius 2 is 1.76 bits per heavy atom. The highest BCUT2D eigenvalue weighted by atomic mass is 32.2. The van der Waals surface area contributed by atoms with Crippen LogP contribution in [0.2, 0.25) is 0 Å². The van der Waals surface area contributed by atoms with Crippen LogP contribution in [0.25, 0.3) is 11.4 Å². The fraction of sp³-hybridized carbons (Fsp3) is 0.160. The summed E-state index contributed by atoms with van der Waals surface area (Å²) in [5.41, 5.74) is 7.31. The highest BCUT2D eigenvalue weighted by molar-refractivity contribution is 8.00. The first-order valence-corrected chi connectivity index (χ1v) is 11.5. The number of nitrogens with one attached hydrogen (secondary N) is 2. The van der Waals surface area contributed by atoms with Crippen LogP contribution in [-0.4, -0.2) is 26.0 Å². The van der Waals surface area contributed by atoms with Crippen LogP contribution in [-0.2, 0) is 11.3 Å². The van der Waals surface area contributed by atoms with Gasteiger partial charge in [0.25, 0.3) is 0 Å². The highest BCUT2D eigenvalue weighted by Crippen LogP contribution is 2.38. The van der Waals surface area contributed by atoms with Crippen molar-refractivity contribution in [2.75, 3.05) is 5.43 Å². The van der Waals surface area contributed by atoms with Gasteiger partial charge < -0.3 is 10.7 Å². The molecule has 1 aromatic heterocycles. The Morgan fingerprint density at radius 3 is 2.48 bits per heavy atom. The zero-order valence-corrected chi connectivity index (χ0v) is 18.7. The van der Waals surface area contributed by atoms with Crippen LogP contribution in [0.4, 0.5) is 4.39 Å². The molecule has 0 aliphatic carbocycles. The van der Waals surface area contributed by atoms with E-state index < -0.39 is 11.3 Å². The van der Waals surface area contributed by atoms with Gasteiger partial charge in [-0.25, -0.2) is 9.07 Å². The number of thioether (sulfide) groups is 1. The van der Waals surface area contributed by atoms with Crippen LogP contribution in [0.5, 0.6) is 0 Å². The molecule has 0 saturated heterocycles. The van der Waals surface area contributed by atoms with Crippen LogP contribution < -0.4 is 10.7 Å². The Morgan fingerprint density at radius 1 is 1.03 bits per heavy atom. The first kappa shape index (κ1) is 21.2. The molecule has 0 saturated carbocycles. The van der Waals surface area contributed by atoms with Crippen LogP contribution in [0.15, 0.2) is 84.0 Å². The number of benzene rings is 3. The van der Waals surface area contributed by atoms with E-state index in [-0.39, 0.29) is 11.7 Å². The minimum atomic E-state index is -0.513. The van der Waals surface area contributed by atoms with E-state index in [4.69, 9.17) is 0 Å². The highest BCUT2D eigenvalue weighted by Gasteiger charge is 2.37. The van der Waals surface area contributed by atoms with Gasteiger partial charge >= 0.3 is 0 Å². The molecule has 3 aromatic carbocycles. The molecule has 5 rings (SSSR count). The van der Waals surface area contributed by atoms with Crippen molar-refractivity contribution in [3.05, 3.63) is 101 Å². The number of hydrogen-bond donors (Lipinski definition) is 2. The number of halogens is 1. The van der Waals surface area contributed by atoms with E-state index in [1.807, 2.05) is 61.5 Å². The molecule has 166 valence electrons. The molecule has 1 amide bonds. The maximum Gasteiger partial charge on any atom is 0.236 e. The first-order valence-electron chi connectivity index (χ1n) is 10.6. The average Bonchev–Trinajstić information content (AvgIpc) is 3.27. The summed E-state index contributed by atoms with van der Waals surface area (Å²) in [6, 6.07) is 23.6. The SMILES string of the molecule is Cc1ccc(CNC(=O)[C@H]2Sc3nnc(-c4ccccc4)n3N[C@@H]2c2ccc(F)cc2)cc1. The number of aromatic nitrogens is 3. The molecule has 1 aliphatic heterocycles. The van der Waals surface area contributed by atoms with Gasteiger partial charge in [-0.15, -0.1) is 10.2 Å². The minimum absolute atomic E-state index is 0.127. The molecule has 2 atom stereocenters. The van der Waals surface area contributed by atoms with E-state index in [1.165, 1.54) is 29.5 Å². The monoisotopic (exact) mass is 459 g/mol. The Bertz CT molecular complexity index is 1260. The second-order valence-corrected chi connectivity index (χ2v) is 9.02. The summed E-state index contributed by atoms with van der Waals surface area (Å²) < 4.78 is 15.4. The molecule has 0 radical (unpaired) electrons. The van der Waals surface area contributed by atoms with Gasteiger partial charge in [0.1, 0.15) is 11.1 Å². The second kappa shape index (κ2) is 9.07. The number of hydrogen-bond acceptors (Lipinski definition) is 5. The quantitative estimate of drug-likeness (QED) is 0.461. The normalized spacial score (nSPS) is 17.2. The van der Waals surface area contributed by atoms with Crippen LogP contribution in [0.3, 0.4) is 0 Å². The number of aryl methyl sites for hydroxylation is 1. The van der Waals surface area contributed by atoms with Crippen LogP contribution in [0, 0.1) is 12.7 Å². The molecule has 0 bridgehead atoms. The average molecular weight is 460 g/mol. The summed E-state index contributed by atoms with van der Waals surface area (Å²) in [6.07, 6.45) is 0. The molecule has 4 aromatic rings. The first-order chi connectivity index (χ1) is 16.1. The standard InChI is InChI=1S/C25H22FN5OS/c1-16-7-9-17(10-8-16)15-27-24(32)22-21(18-11-13-20(26)14-12-18)30-31-23(28-29-25(31)33-22)19-5-3-2-4-6-19/h2-14,21-22,30H,15H2,1H3,(H,27,32)/t21-,22+/m1/s1. The lowest BCUT2D eigenvalue weighted by molar-refractivity contribution is -0.121. The molecule has 0 unspecified atom stereocenters. The van der Waals surface area contributed by atoms with Crippen molar-refractivity contribution in [3.63, 3.8) is 0 Å². The number of fused-ring (bicyclic) bond motifs is 1. The Balaban J connectivity index is 1.44. The van der Waals surface area contributed by atoms with E-state index in [1.54, 1.807) is 16.8 Å². The Kier molecular flexibility index (Phi) is 5.83. The molecule has 6 nitrogen and oxygen atoms in total. The number of amides is 1. The lowest BCUT2D eigenvalue weighted by atomic mass is 10.0. The summed E-state index contributed by atoms with van der Waals surface area (Å²) >= 11 is 1.35.